The number of fused-ring (bicyclic) bond motifs is 2. The Kier molecular flexibility index (Phi) is 5.93. The van der Waals surface area contributed by atoms with Crippen molar-refractivity contribution in [2.24, 2.45) is 5.92 Å². The predicted octanol–water partition coefficient (Wildman–Crippen LogP) is 5.71. The van der Waals surface area contributed by atoms with E-state index in [1.54, 1.807) is 0 Å². The van der Waals surface area contributed by atoms with Gasteiger partial charge in [-0.25, -0.2) is 4.98 Å². The van der Waals surface area contributed by atoms with Crippen LogP contribution in [0.15, 0.2) is 48.9 Å². The third-order valence-electron chi connectivity index (χ3n) is 6.82. The van der Waals surface area contributed by atoms with Gasteiger partial charge in [0.05, 0.1) is 5.69 Å². The molecule has 4 nitrogen and oxygen atoms in total. The van der Waals surface area contributed by atoms with Gasteiger partial charge in [-0.3, -0.25) is 4.98 Å². The smallest absolute Gasteiger partial charge is 0.105 e. The number of allylic oxidation sites excluding steroid dienone is 1. The summed E-state index contributed by atoms with van der Waals surface area (Å²) in [5, 5.41) is 4.32. The number of pyridine rings is 1. The SMILES string of the molecule is Cc1nccn1CCCC1=Cc2cccnc2C(C2CCNCC2)c2ccc(Cl)cc21. The minimum atomic E-state index is 0.315. The van der Waals surface area contributed by atoms with Crippen LogP contribution in [0.5, 0.6) is 0 Å². The summed E-state index contributed by atoms with van der Waals surface area (Å²) in [4.78, 5) is 9.27. The Bertz CT molecular complexity index is 1090. The molecule has 3 heterocycles. The summed E-state index contributed by atoms with van der Waals surface area (Å²) in [5.41, 5.74) is 6.53. The zero-order chi connectivity index (χ0) is 21.2. The molecule has 0 radical (unpaired) electrons. The minimum absolute atomic E-state index is 0.315. The van der Waals surface area contributed by atoms with E-state index >= 15 is 0 Å². The van der Waals surface area contributed by atoms with Gasteiger partial charge in [-0.15, -0.1) is 0 Å². The number of imidazole rings is 1. The maximum atomic E-state index is 6.51. The first-order valence-corrected chi connectivity index (χ1v) is 11.7. The van der Waals surface area contributed by atoms with Crippen LogP contribution in [0.25, 0.3) is 11.6 Å². The maximum absolute atomic E-state index is 6.51. The van der Waals surface area contributed by atoms with Crippen molar-refractivity contribution < 1.29 is 0 Å². The van der Waals surface area contributed by atoms with Crippen molar-refractivity contribution in [3.05, 3.63) is 82.2 Å². The van der Waals surface area contributed by atoms with Crippen molar-refractivity contribution >= 4 is 23.3 Å². The Hall–Kier alpha value is -2.43. The van der Waals surface area contributed by atoms with Crippen LogP contribution < -0.4 is 5.32 Å². The topological polar surface area (TPSA) is 42.7 Å². The molecule has 2 aliphatic rings. The van der Waals surface area contributed by atoms with Gasteiger partial charge >= 0.3 is 0 Å². The van der Waals surface area contributed by atoms with E-state index in [4.69, 9.17) is 16.6 Å². The van der Waals surface area contributed by atoms with E-state index in [2.05, 4.69) is 64.4 Å². The van der Waals surface area contributed by atoms with Crippen molar-refractivity contribution in [3.63, 3.8) is 0 Å². The second kappa shape index (κ2) is 8.97. The Morgan fingerprint density at radius 2 is 2.00 bits per heavy atom. The Labute approximate surface area is 189 Å². The largest absolute Gasteiger partial charge is 0.335 e. The standard InChI is InChI=1S/C26H29ClN4/c1-18-29-13-15-31(18)14-3-5-20-16-21-4-2-10-30-26(21)25(19-8-11-28-12-9-19)23-7-6-22(27)17-24(20)23/h2,4,6-7,10,13,15-17,19,25,28H,3,5,8-9,11-12,14H2,1H3. The van der Waals surface area contributed by atoms with Crippen molar-refractivity contribution in [1.29, 1.82) is 0 Å². The van der Waals surface area contributed by atoms with E-state index in [0.29, 0.717) is 11.8 Å². The van der Waals surface area contributed by atoms with Gasteiger partial charge in [-0.05, 0) is 98.2 Å². The summed E-state index contributed by atoms with van der Waals surface area (Å²) < 4.78 is 2.23. The Balaban J connectivity index is 1.54. The number of aryl methyl sites for hydroxylation is 2. The quantitative estimate of drug-likeness (QED) is 0.561. The summed E-state index contributed by atoms with van der Waals surface area (Å²) in [6.45, 7) is 5.19. The molecule has 0 saturated carbocycles. The Morgan fingerprint density at radius 3 is 2.81 bits per heavy atom. The molecule has 0 spiro atoms. The van der Waals surface area contributed by atoms with Crippen LogP contribution in [0.2, 0.25) is 5.02 Å². The van der Waals surface area contributed by atoms with E-state index in [1.165, 1.54) is 40.8 Å². The molecular weight excluding hydrogens is 404 g/mol. The van der Waals surface area contributed by atoms with Gasteiger partial charge < -0.3 is 9.88 Å². The monoisotopic (exact) mass is 432 g/mol. The van der Waals surface area contributed by atoms with Crippen LogP contribution in [-0.2, 0) is 6.54 Å². The summed E-state index contributed by atoms with van der Waals surface area (Å²) in [6, 6.07) is 10.8. The van der Waals surface area contributed by atoms with Crippen molar-refractivity contribution in [2.45, 2.75) is 45.1 Å². The normalized spacial score (nSPS) is 18.8. The van der Waals surface area contributed by atoms with Crippen LogP contribution in [-0.4, -0.2) is 27.6 Å². The molecule has 5 rings (SSSR count). The summed E-state index contributed by atoms with van der Waals surface area (Å²) >= 11 is 6.51. The van der Waals surface area contributed by atoms with E-state index in [9.17, 15) is 0 Å². The lowest BCUT2D eigenvalue weighted by Gasteiger charge is -2.32. The molecule has 1 atom stereocenters. The molecule has 2 aromatic heterocycles. The lowest BCUT2D eigenvalue weighted by atomic mass is 9.76. The fourth-order valence-electron chi connectivity index (χ4n) is 5.24. The average molecular weight is 433 g/mol. The van der Waals surface area contributed by atoms with Crippen LogP contribution in [0, 0.1) is 12.8 Å². The molecule has 0 bridgehead atoms. The number of rotatable bonds is 5. The number of halogens is 1. The van der Waals surface area contributed by atoms with Crippen molar-refractivity contribution in [3.8, 4) is 0 Å². The van der Waals surface area contributed by atoms with E-state index < -0.39 is 0 Å². The highest BCUT2D eigenvalue weighted by Gasteiger charge is 2.32. The molecule has 1 N–H and O–H groups in total. The van der Waals surface area contributed by atoms with Gasteiger partial charge in [0.1, 0.15) is 5.82 Å². The summed E-state index contributed by atoms with van der Waals surface area (Å²) in [5.74, 6) is 1.98. The van der Waals surface area contributed by atoms with Gasteiger partial charge in [0.2, 0.25) is 0 Å². The van der Waals surface area contributed by atoms with Gasteiger partial charge in [-0.1, -0.05) is 23.7 Å². The number of benzene rings is 1. The number of hydrogen-bond acceptors (Lipinski definition) is 3. The first kappa shape index (κ1) is 20.5. The summed E-state index contributed by atoms with van der Waals surface area (Å²) in [6.07, 6.45) is 12.7. The first-order valence-electron chi connectivity index (χ1n) is 11.3. The number of piperidine rings is 1. The molecule has 1 aliphatic heterocycles. The fourth-order valence-corrected chi connectivity index (χ4v) is 5.42. The lowest BCUT2D eigenvalue weighted by molar-refractivity contribution is 0.339. The minimum Gasteiger partial charge on any atom is -0.335 e. The van der Waals surface area contributed by atoms with Gasteiger partial charge in [0.25, 0.3) is 0 Å². The molecule has 1 saturated heterocycles. The van der Waals surface area contributed by atoms with Crippen molar-refractivity contribution in [2.75, 3.05) is 13.1 Å². The molecule has 1 aromatic carbocycles. The zero-order valence-electron chi connectivity index (χ0n) is 18.0. The van der Waals surface area contributed by atoms with E-state index in [1.807, 2.05) is 12.4 Å². The third-order valence-corrected chi connectivity index (χ3v) is 7.05. The molecule has 0 amide bonds. The number of nitrogens with zero attached hydrogens (tertiary/aromatic N) is 3. The molecular formula is C26H29ClN4. The number of nitrogens with one attached hydrogen (secondary N) is 1. The highest BCUT2D eigenvalue weighted by molar-refractivity contribution is 6.30. The summed E-state index contributed by atoms with van der Waals surface area (Å²) in [7, 11) is 0. The molecule has 3 aromatic rings. The third kappa shape index (κ3) is 4.19. The van der Waals surface area contributed by atoms with Gasteiger partial charge in [0.15, 0.2) is 0 Å². The van der Waals surface area contributed by atoms with Crippen LogP contribution in [0.4, 0.5) is 0 Å². The van der Waals surface area contributed by atoms with Gasteiger partial charge in [-0.2, -0.15) is 0 Å². The van der Waals surface area contributed by atoms with Crippen LogP contribution >= 0.6 is 11.6 Å². The number of aromatic nitrogens is 3. The fraction of sp³-hybridized carbons (Fsp3) is 0.385. The highest BCUT2D eigenvalue weighted by atomic mass is 35.5. The van der Waals surface area contributed by atoms with E-state index in [0.717, 1.165) is 43.3 Å². The average Bonchev–Trinajstić information content (AvgIpc) is 3.14. The first-order chi connectivity index (χ1) is 15.2. The Morgan fingerprint density at radius 1 is 1.13 bits per heavy atom. The van der Waals surface area contributed by atoms with Crippen LogP contribution in [0.1, 0.15) is 59.8 Å². The van der Waals surface area contributed by atoms with Gasteiger partial charge in [0, 0.05) is 36.1 Å². The molecule has 1 fully saturated rings. The number of hydrogen-bond donors (Lipinski definition) is 1. The van der Waals surface area contributed by atoms with Crippen molar-refractivity contribution in [1.82, 2.24) is 19.9 Å². The lowest BCUT2D eigenvalue weighted by Crippen LogP contribution is -2.32. The maximum Gasteiger partial charge on any atom is 0.105 e. The zero-order valence-corrected chi connectivity index (χ0v) is 18.8. The molecule has 1 aliphatic carbocycles. The second-order valence-electron chi connectivity index (χ2n) is 8.72. The predicted molar refractivity (Wildman–Crippen MR) is 127 cm³/mol. The van der Waals surface area contributed by atoms with E-state index in [-0.39, 0.29) is 0 Å². The molecule has 1 unspecified atom stereocenters. The van der Waals surface area contributed by atoms with Crippen LogP contribution in [0.3, 0.4) is 0 Å². The molecule has 31 heavy (non-hydrogen) atoms. The highest BCUT2D eigenvalue weighted by Crippen LogP contribution is 2.45. The second-order valence-corrected chi connectivity index (χ2v) is 9.15. The molecule has 160 valence electrons. The molecule has 5 heteroatoms.